The summed E-state index contributed by atoms with van der Waals surface area (Å²) >= 11 is 0. The highest BCUT2D eigenvalue weighted by Crippen LogP contribution is 2.27. The molecule has 0 bridgehead atoms. The number of carbonyl (C=O) groups excluding carboxylic acids is 1. The van der Waals surface area contributed by atoms with Gasteiger partial charge < -0.3 is 15.5 Å². The van der Waals surface area contributed by atoms with Crippen LogP contribution in [0.3, 0.4) is 0 Å². The summed E-state index contributed by atoms with van der Waals surface area (Å²) in [4.78, 5) is 17.3. The van der Waals surface area contributed by atoms with Crippen molar-refractivity contribution >= 4 is 5.91 Å². The summed E-state index contributed by atoms with van der Waals surface area (Å²) in [7, 11) is 0. The van der Waals surface area contributed by atoms with Gasteiger partial charge in [-0.25, -0.2) is 0 Å². The standard InChI is InChI=1S/C30H57N3O/c1-7-32(8-2)30(34)29(31)27-20-17-21-28(24-27)33(22-15-11-9-13-18-25(3)4)23-16-12-10-14-19-26(5)6/h24-26H,7-23,31H2,1-6H3/b29-27+. The molecule has 1 amide bonds. The molecular weight excluding hydrogens is 418 g/mol. The van der Waals surface area contributed by atoms with E-state index in [0.717, 1.165) is 49.8 Å². The van der Waals surface area contributed by atoms with Gasteiger partial charge in [0.15, 0.2) is 0 Å². The van der Waals surface area contributed by atoms with E-state index in [1.54, 1.807) is 0 Å². The fraction of sp³-hybridized carbons (Fsp3) is 0.833. The Hall–Kier alpha value is -1.45. The Labute approximate surface area is 212 Å². The minimum atomic E-state index is -0.000597. The van der Waals surface area contributed by atoms with Crippen molar-refractivity contribution in [1.29, 1.82) is 0 Å². The van der Waals surface area contributed by atoms with Gasteiger partial charge in [-0.15, -0.1) is 0 Å². The largest absolute Gasteiger partial charge is 0.394 e. The molecule has 4 nitrogen and oxygen atoms in total. The van der Waals surface area contributed by atoms with Crippen molar-refractivity contribution in [2.24, 2.45) is 17.6 Å². The molecular formula is C30H57N3O. The van der Waals surface area contributed by atoms with E-state index in [9.17, 15) is 4.79 Å². The lowest BCUT2D eigenvalue weighted by Crippen LogP contribution is -2.35. The summed E-state index contributed by atoms with van der Waals surface area (Å²) in [5.41, 5.74) is 9.31. The van der Waals surface area contributed by atoms with Gasteiger partial charge in [-0.3, -0.25) is 4.79 Å². The van der Waals surface area contributed by atoms with Gasteiger partial charge in [0.1, 0.15) is 5.70 Å². The van der Waals surface area contributed by atoms with Gasteiger partial charge >= 0.3 is 0 Å². The minimum Gasteiger partial charge on any atom is -0.394 e. The number of nitrogens with two attached hydrogens (primary N) is 1. The van der Waals surface area contributed by atoms with Gasteiger partial charge in [-0.1, -0.05) is 79.1 Å². The Morgan fingerprint density at radius 1 is 0.824 bits per heavy atom. The van der Waals surface area contributed by atoms with Crippen LogP contribution in [0.1, 0.15) is 125 Å². The molecule has 0 heterocycles. The lowest BCUT2D eigenvalue weighted by molar-refractivity contribution is -0.126. The van der Waals surface area contributed by atoms with Crippen LogP contribution >= 0.6 is 0 Å². The fourth-order valence-electron chi connectivity index (χ4n) is 4.90. The number of likely N-dealkylation sites (N-methyl/N-ethyl adjacent to an activating group) is 1. The Bertz CT molecular complexity index is 597. The maximum atomic E-state index is 12.8. The van der Waals surface area contributed by atoms with Crippen LogP contribution in [-0.2, 0) is 4.79 Å². The molecule has 4 heteroatoms. The summed E-state index contributed by atoms with van der Waals surface area (Å²) in [5.74, 6) is 1.63. The first-order valence-electron chi connectivity index (χ1n) is 14.5. The number of hydrogen-bond acceptors (Lipinski definition) is 3. The lowest BCUT2D eigenvalue weighted by atomic mass is 9.95. The highest BCUT2D eigenvalue weighted by molar-refractivity contribution is 5.93. The summed E-state index contributed by atoms with van der Waals surface area (Å²) < 4.78 is 0. The van der Waals surface area contributed by atoms with Crippen LogP contribution in [-0.4, -0.2) is 41.9 Å². The summed E-state index contributed by atoms with van der Waals surface area (Å²) in [6, 6.07) is 0. The van der Waals surface area contributed by atoms with E-state index >= 15 is 0 Å². The Morgan fingerprint density at radius 2 is 1.32 bits per heavy atom. The third kappa shape index (κ3) is 12.3. The molecule has 0 aromatic carbocycles. The second-order valence-electron chi connectivity index (χ2n) is 11.1. The zero-order chi connectivity index (χ0) is 25.3. The molecule has 34 heavy (non-hydrogen) atoms. The molecule has 0 spiro atoms. The minimum absolute atomic E-state index is 0.000597. The van der Waals surface area contributed by atoms with Crippen molar-refractivity contribution in [1.82, 2.24) is 9.80 Å². The lowest BCUT2D eigenvalue weighted by Gasteiger charge is -2.31. The Balaban J connectivity index is 2.78. The maximum Gasteiger partial charge on any atom is 0.269 e. The van der Waals surface area contributed by atoms with E-state index in [0.29, 0.717) is 18.8 Å². The number of allylic oxidation sites excluding steroid dienone is 3. The van der Waals surface area contributed by atoms with Gasteiger partial charge in [-0.05, 0) is 69.4 Å². The van der Waals surface area contributed by atoms with Crippen molar-refractivity contribution in [2.75, 3.05) is 26.2 Å². The molecule has 0 radical (unpaired) electrons. The van der Waals surface area contributed by atoms with Crippen LogP contribution < -0.4 is 5.73 Å². The van der Waals surface area contributed by atoms with E-state index in [4.69, 9.17) is 5.73 Å². The van der Waals surface area contributed by atoms with Gasteiger partial charge in [0, 0.05) is 31.9 Å². The molecule has 0 atom stereocenters. The van der Waals surface area contributed by atoms with Crippen molar-refractivity contribution in [3.8, 4) is 0 Å². The van der Waals surface area contributed by atoms with Crippen LogP contribution in [0.15, 0.2) is 23.0 Å². The van der Waals surface area contributed by atoms with Crippen LogP contribution in [0, 0.1) is 11.8 Å². The first-order valence-corrected chi connectivity index (χ1v) is 14.5. The van der Waals surface area contributed by atoms with Crippen molar-refractivity contribution in [2.45, 2.75) is 125 Å². The van der Waals surface area contributed by atoms with Gasteiger partial charge in [0.2, 0.25) is 0 Å². The van der Waals surface area contributed by atoms with Gasteiger partial charge in [-0.2, -0.15) is 0 Å². The maximum absolute atomic E-state index is 12.8. The molecule has 198 valence electrons. The van der Waals surface area contributed by atoms with Crippen LogP contribution in [0.4, 0.5) is 0 Å². The number of amides is 1. The SMILES string of the molecule is CCN(CC)C(=O)/C(N)=C1\C=C(N(CCCCCCC(C)C)CCCCCCC(C)C)CCC1. The molecule has 1 aliphatic rings. The fourth-order valence-corrected chi connectivity index (χ4v) is 4.90. The number of unbranched alkanes of at least 4 members (excludes halogenated alkanes) is 6. The predicted octanol–water partition coefficient (Wildman–Crippen LogP) is 7.65. The zero-order valence-corrected chi connectivity index (χ0v) is 23.6. The third-order valence-electron chi connectivity index (χ3n) is 7.17. The molecule has 0 fully saturated rings. The highest BCUT2D eigenvalue weighted by Gasteiger charge is 2.20. The smallest absolute Gasteiger partial charge is 0.269 e. The van der Waals surface area contributed by atoms with Gasteiger partial charge in [0.05, 0.1) is 0 Å². The molecule has 1 rings (SSSR count). The zero-order valence-electron chi connectivity index (χ0n) is 23.6. The van der Waals surface area contributed by atoms with E-state index in [1.807, 2.05) is 18.7 Å². The number of rotatable bonds is 18. The number of carbonyl (C=O) groups is 1. The molecule has 0 aromatic rings. The predicted molar refractivity (Wildman–Crippen MR) is 148 cm³/mol. The summed E-state index contributed by atoms with van der Waals surface area (Å²) in [5, 5.41) is 0. The first-order chi connectivity index (χ1) is 16.3. The quantitative estimate of drug-likeness (QED) is 0.164. The summed E-state index contributed by atoms with van der Waals surface area (Å²) in [6.45, 7) is 17.0. The van der Waals surface area contributed by atoms with E-state index in [-0.39, 0.29) is 5.91 Å². The van der Waals surface area contributed by atoms with Crippen molar-refractivity contribution in [3.05, 3.63) is 23.0 Å². The molecule has 2 N–H and O–H groups in total. The molecule has 0 aromatic heterocycles. The third-order valence-corrected chi connectivity index (χ3v) is 7.17. The molecule has 0 saturated carbocycles. The molecule has 1 aliphatic carbocycles. The number of hydrogen-bond donors (Lipinski definition) is 1. The van der Waals surface area contributed by atoms with Crippen molar-refractivity contribution in [3.63, 3.8) is 0 Å². The molecule has 0 aliphatic heterocycles. The normalized spacial score (nSPS) is 15.6. The Morgan fingerprint density at radius 3 is 1.79 bits per heavy atom. The second-order valence-corrected chi connectivity index (χ2v) is 11.1. The van der Waals surface area contributed by atoms with E-state index in [1.165, 1.54) is 69.9 Å². The van der Waals surface area contributed by atoms with Crippen LogP contribution in [0.25, 0.3) is 0 Å². The second kappa shape index (κ2) is 17.9. The Kier molecular flexibility index (Phi) is 16.1. The average molecular weight is 476 g/mol. The van der Waals surface area contributed by atoms with Gasteiger partial charge in [0.25, 0.3) is 5.91 Å². The number of nitrogens with zero attached hydrogens (tertiary/aromatic N) is 2. The topological polar surface area (TPSA) is 49.6 Å². The van der Waals surface area contributed by atoms with Crippen LogP contribution in [0.5, 0.6) is 0 Å². The monoisotopic (exact) mass is 475 g/mol. The first kappa shape index (κ1) is 30.6. The molecule has 0 saturated heterocycles. The van der Waals surface area contributed by atoms with Crippen molar-refractivity contribution < 1.29 is 4.79 Å². The summed E-state index contributed by atoms with van der Waals surface area (Å²) in [6.07, 6.45) is 18.6. The molecule has 0 unspecified atom stereocenters. The average Bonchev–Trinajstić information content (AvgIpc) is 2.81. The van der Waals surface area contributed by atoms with E-state index in [2.05, 4.69) is 38.7 Å². The van der Waals surface area contributed by atoms with Crippen LogP contribution in [0.2, 0.25) is 0 Å². The highest BCUT2D eigenvalue weighted by atomic mass is 16.2. The van der Waals surface area contributed by atoms with E-state index < -0.39 is 0 Å².